The van der Waals surface area contributed by atoms with Gasteiger partial charge in [-0.15, -0.1) is 0 Å². The van der Waals surface area contributed by atoms with E-state index in [2.05, 4.69) is 13.8 Å². The molecule has 0 aliphatic carbocycles. The molecule has 0 nitrogen and oxygen atoms in total. The number of hydrogen-bond acceptors (Lipinski definition) is 0. The van der Waals surface area contributed by atoms with Gasteiger partial charge in [0.25, 0.3) is 0 Å². The van der Waals surface area contributed by atoms with E-state index < -0.39 is 0 Å². The van der Waals surface area contributed by atoms with E-state index in [0.717, 1.165) is 0 Å². The van der Waals surface area contributed by atoms with Gasteiger partial charge in [-0.2, -0.15) is 13.8 Å². The van der Waals surface area contributed by atoms with Crippen molar-refractivity contribution in [3.63, 3.8) is 0 Å². The minimum absolute atomic E-state index is 0. The Morgan fingerprint density at radius 1 is 0.353 bits per heavy atom. The Morgan fingerprint density at radius 2 is 0.353 bits per heavy atom. The van der Waals surface area contributed by atoms with Crippen molar-refractivity contribution in [3.05, 3.63) is 21.3 Å². The molecule has 0 aromatic heterocycles. The third-order valence-corrected chi connectivity index (χ3v) is 0. The van der Waals surface area contributed by atoms with Gasteiger partial charge in [-0.25, -0.2) is 0 Å². The summed E-state index contributed by atoms with van der Waals surface area (Å²) in [6, 6.07) is 0. The molecule has 0 unspecified atom stereocenters. The predicted molar refractivity (Wildman–Crippen MR) is 51.2 cm³/mol. The van der Waals surface area contributed by atoms with Crippen molar-refractivity contribution in [2.75, 3.05) is 0 Å². The van der Waals surface area contributed by atoms with E-state index in [0.29, 0.717) is 0 Å². The zero-order chi connectivity index (χ0) is 8.00. The van der Waals surface area contributed by atoms with Crippen molar-refractivity contribution in [1.29, 1.82) is 0 Å². The van der Waals surface area contributed by atoms with Crippen LogP contribution in [-0.4, -0.2) is 0 Å². The summed E-state index contributed by atoms with van der Waals surface area (Å²) >= 11 is 0. The predicted octanol–water partition coefficient (Wildman–Crippen LogP) is 4.16. The minimum Gasteiger partial charge on any atom is -0.358 e. The van der Waals surface area contributed by atoms with Crippen LogP contribution in [0.15, 0.2) is 0 Å². The van der Waals surface area contributed by atoms with E-state index in [1.54, 1.807) is 13.8 Å². The summed E-state index contributed by atoms with van der Waals surface area (Å²) < 4.78 is 0. The van der Waals surface area contributed by atoms with Crippen molar-refractivity contribution in [1.82, 2.24) is 0 Å². The quantitative estimate of drug-likeness (QED) is 0.322. The third kappa shape index (κ3) is 166. The van der Waals surface area contributed by atoms with E-state index in [9.17, 15) is 0 Å². The van der Waals surface area contributed by atoms with Crippen LogP contribution in [0.3, 0.4) is 0 Å². The first-order valence-electron chi connectivity index (χ1n) is 3.41. The second kappa shape index (κ2) is 181. The first-order valence-corrected chi connectivity index (χ1v) is 3.41. The van der Waals surface area contributed by atoms with Crippen LogP contribution in [-0.2, 0) is 262 Å². The Labute approximate surface area is 315 Å². The molecule has 0 fully saturated rings. The van der Waals surface area contributed by atoms with Crippen molar-refractivity contribution in [3.8, 4) is 0 Å². The first-order chi connectivity index (χ1) is 4.00. The third-order valence-electron chi connectivity index (χ3n) is 0. The molecular weight excluding hydrogens is 819 g/mol. The molecule has 8 radical (unpaired) electrons. The summed E-state index contributed by atoms with van der Waals surface area (Å²) in [5.74, 6) is 0. The van der Waals surface area contributed by atoms with E-state index in [1.807, 2.05) is 27.7 Å². The molecule has 0 saturated heterocycles. The van der Waals surface area contributed by atoms with Crippen molar-refractivity contribution >= 4 is 0 Å². The first kappa shape index (κ1) is 96.7. The van der Waals surface area contributed by atoms with Crippen LogP contribution in [0, 0.1) is 21.3 Å². The van der Waals surface area contributed by atoms with E-state index in [1.165, 1.54) is 0 Å². The Hall–Kier alpha value is 8.83. The van der Waals surface area contributed by atoms with E-state index >= 15 is 0 Å². The molecule has 8 heteroatoms. The molecular formula is C9H25Y8-3. The fourth-order valence-corrected chi connectivity index (χ4v) is 0. The molecule has 0 aromatic carbocycles. The van der Waals surface area contributed by atoms with Crippen LogP contribution < -0.4 is 0 Å². The largest absolute Gasteiger partial charge is 0.358 e. The number of rotatable bonds is 0. The topological polar surface area (TPSA) is 0 Å². The fourth-order valence-electron chi connectivity index (χ4n) is 0. The normalized spacial score (nSPS) is 1.41. The fraction of sp³-hybridized carbons (Fsp3) is 0.667. The second-order valence-electron chi connectivity index (χ2n) is 0. The van der Waals surface area contributed by atoms with Gasteiger partial charge in [-0.05, 0) is 0 Å². The standard InChI is InChI=1S/2C2H6.2C2H5.CH3.8Y/c4*1-2;;;;;;;;;/h2*1-2H3;2*1H2,2H3;1H3;;;;;;;;/q;;3*-1;;;;;;;;. The van der Waals surface area contributed by atoms with Crippen molar-refractivity contribution in [2.45, 2.75) is 41.5 Å². The van der Waals surface area contributed by atoms with Gasteiger partial charge < -0.3 is 21.3 Å². The molecule has 88 valence electrons. The Balaban J connectivity index is -0.000000000970. The summed E-state index contributed by atoms with van der Waals surface area (Å²) in [4.78, 5) is 0. The maximum atomic E-state index is 3.25. The monoisotopic (exact) mass is 844 g/mol. The van der Waals surface area contributed by atoms with Gasteiger partial charge in [0.05, 0.1) is 0 Å². The second-order valence-corrected chi connectivity index (χ2v) is 0. The van der Waals surface area contributed by atoms with Gasteiger partial charge in [0.2, 0.25) is 0 Å². The van der Waals surface area contributed by atoms with Crippen LogP contribution in [0.25, 0.3) is 0 Å². The van der Waals surface area contributed by atoms with Gasteiger partial charge in [0, 0.05) is 262 Å². The van der Waals surface area contributed by atoms with Gasteiger partial charge in [-0.1, -0.05) is 27.7 Å². The molecule has 0 heterocycles. The Kier molecular flexibility index (Phi) is 1030. The van der Waals surface area contributed by atoms with Crippen LogP contribution in [0.4, 0.5) is 0 Å². The zero-order valence-corrected chi connectivity index (χ0v) is 35.7. The van der Waals surface area contributed by atoms with Gasteiger partial charge >= 0.3 is 0 Å². The SMILES string of the molecule is CC.CC.[CH2-]C.[CH2-]C.[CH3-].[Y].[Y].[Y].[Y].[Y].[Y].[Y].[Y]. The summed E-state index contributed by atoms with van der Waals surface area (Å²) in [5, 5.41) is 0. The maximum absolute atomic E-state index is 3.25. The molecule has 0 atom stereocenters. The van der Waals surface area contributed by atoms with Crippen LogP contribution in [0.5, 0.6) is 0 Å². The molecule has 0 N–H and O–H groups in total. The summed E-state index contributed by atoms with van der Waals surface area (Å²) in [7, 11) is 0. The van der Waals surface area contributed by atoms with Crippen LogP contribution in [0.1, 0.15) is 41.5 Å². The molecule has 17 heavy (non-hydrogen) atoms. The average Bonchev–Trinajstić information content (AvgIpc) is 2.03. The van der Waals surface area contributed by atoms with Crippen molar-refractivity contribution < 1.29 is 262 Å². The van der Waals surface area contributed by atoms with E-state index in [4.69, 9.17) is 0 Å². The summed E-state index contributed by atoms with van der Waals surface area (Å²) in [5.41, 5.74) is 0. The van der Waals surface area contributed by atoms with Gasteiger partial charge in [0.15, 0.2) is 0 Å². The summed E-state index contributed by atoms with van der Waals surface area (Å²) in [6.07, 6.45) is 0. The van der Waals surface area contributed by atoms with Crippen LogP contribution >= 0.6 is 0 Å². The van der Waals surface area contributed by atoms with Gasteiger partial charge in [0.1, 0.15) is 0 Å². The summed E-state index contributed by atoms with van der Waals surface area (Å²) in [6.45, 7) is 18.0. The molecule has 0 spiro atoms. The molecule has 0 rings (SSSR count). The average molecular weight is 845 g/mol. The maximum Gasteiger partial charge on any atom is 0 e. The van der Waals surface area contributed by atoms with Crippen molar-refractivity contribution in [2.24, 2.45) is 0 Å². The zero-order valence-electron chi connectivity index (χ0n) is 13.0. The van der Waals surface area contributed by atoms with Gasteiger partial charge in [-0.3, -0.25) is 0 Å². The minimum atomic E-state index is 0. The molecule has 0 amide bonds. The smallest absolute Gasteiger partial charge is 0 e. The van der Waals surface area contributed by atoms with Crippen LogP contribution in [0.2, 0.25) is 0 Å². The Bertz CT molecular complexity index is 17.0. The molecule has 0 bridgehead atoms. The molecule has 0 aliphatic heterocycles. The number of hydrogen-bond donors (Lipinski definition) is 0. The molecule has 0 aromatic rings. The molecule has 0 aliphatic rings. The molecule has 0 saturated carbocycles. The van der Waals surface area contributed by atoms with E-state index in [-0.39, 0.29) is 269 Å². The Morgan fingerprint density at radius 3 is 0.353 bits per heavy atom.